The van der Waals surface area contributed by atoms with Gasteiger partial charge in [0.25, 0.3) is 5.97 Å². The summed E-state index contributed by atoms with van der Waals surface area (Å²) in [5.41, 5.74) is 0. The van der Waals surface area contributed by atoms with Crippen molar-refractivity contribution in [2.24, 2.45) is 0 Å². The van der Waals surface area contributed by atoms with Crippen molar-refractivity contribution in [2.45, 2.75) is 19.0 Å². The van der Waals surface area contributed by atoms with Crippen molar-refractivity contribution in [2.75, 3.05) is 20.8 Å². The Balaban J connectivity index is 4.07. The topological polar surface area (TPSA) is 47.9 Å². The maximum atomic E-state index is 8.77. The Morgan fingerprint density at radius 1 is 1.50 bits per heavy atom. The maximum absolute atomic E-state index is 8.77. The molecule has 0 saturated carbocycles. The monoisotopic (exact) mass is 176 g/mol. The predicted octanol–water partition coefficient (Wildman–Crippen LogP) is 0.516. The van der Waals surface area contributed by atoms with Crippen LogP contribution in [0.25, 0.3) is 0 Å². The number of ether oxygens (including phenoxy) is 3. The molecule has 0 saturated heterocycles. The molecule has 72 valence electrons. The van der Waals surface area contributed by atoms with Gasteiger partial charge in [-0.15, -0.1) is 6.58 Å². The fraction of sp³-hybridized carbons (Fsp3) is 0.750. The molecule has 0 fully saturated rings. The van der Waals surface area contributed by atoms with Gasteiger partial charge in [0.05, 0.1) is 6.61 Å². The Kier molecular flexibility index (Phi) is 5.08. The Hall–Kier alpha value is -0.420. The Bertz CT molecular complexity index is 131. The van der Waals surface area contributed by atoms with Crippen molar-refractivity contribution >= 4 is 0 Å². The lowest BCUT2D eigenvalue weighted by atomic mass is 10.4. The second-order valence-corrected chi connectivity index (χ2v) is 2.35. The molecule has 0 radical (unpaired) electrons. The summed E-state index contributed by atoms with van der Waals surface area (Å²) in [6.07, 6.45) is 1.01. The van der Waals surface area contributed by atoms with E-state index in [0.29, 0.717) is 0 Å². The largest absolute Gasteiger partial charge is 0.393 e. The molecule has 12 heavy (non-hydrogen) atoms. The second-order valence-electron chi connectivity index (χ2n) is 2.35. The SMILES string of the molecule is C=CC(CO)OC(C)(OC)OC. The molecule has 0 aromatic heterocycles. The molecule has 0 heterocycles. The van der Waals surface area contributed by atoms with Crippen LogP contribution in [0.5, 0.6) is 0 Å². The van der Waals surface area contributed by atoms with Crippen LogP contribution in [0.15, 0.2) is 12.7 Å². The lowest BCUT2D eigenvalue weighted by Crippen LogP contribution is -2.38. The van der Waals surface area contributed by atoms with Gasteiger partial charge in [-0.05, 0) is 0 Å². The average Bonchev–Trinajstić information content (AvgIpc) is 2.14. The van der Waals surface area contributed by atoms with Gasteiger partial charge in [0, 0.05) is 21.1 Å². The molecule has 1 unspecified atom stereocenters. The minimum atomic E-state index is -1.12. The smallest absolute Gasteiger partial charge is 0.279 e. The number of rotatable bonds is 6. The zero-order valence-electron chi connectivity index (χ0n) is 7.74. The molecule has 0 amide bonds. The van der Waals surface area contributed by atoms with Crippen molar-refractivity contribution in [1.29, 1.82) is 0 Å². The van der Waals surface area contributed by atoms with E-state index in [1.807, 2.05) is 0 Å². The summed E-state index contributed by atoms with van der Waals surface area (Å²) in [6.45, 7) is 4.95. The highest BCUT2D eigenvalue weighted by molar-refractivity contribution is 4.79. The highest BCUT2D eigenvalue weighted by Gasteiger charge is 2.26. The summed E-state index contributed by atoms with van der Waals surface area (Å²) >= 11 is 0. The van der Waals surface area contributed by atoms with Crippen molar-refractivity contribution in [3.05, 3.63) is 12.7 Å². The van der Waals surface area contributed by atoms with Gasteiger partial charge in [-0.3, -0.25) is 0 Å². The normalized spacial score (nSPS) is 14.3. The predicted molar refractivity (Wildman–Crippen MR) is 44.6 cm³/mol. The second kappa shape index (κ2) is 5.27. The fourth-order valence-electron chi connectivity index (χ4n) is 0.614. The zero-order chi connectivity index (χ0) is 9.61. The van der Waals surface area contributed by atoms with Gasteiger partial charge < -0.3 is 19.3 Å². The van der Waals surface area contributed by atoms with Gasteiger partial charge in [0.2, 0.25) is 0 Å². The standard InChI is InChI=1S/C8H16O4/c1-5-7(6-9)12-8(2,10-3)11-4/h5,7,9H,1,6H2,2-4H3. The van der Waals surface area contributed by atoms with Crippen LogP contribution in [0, 0.1) is 0 Å². The first-order valence-corrected chi connectivity index (χ1v) is 3.63. The number of hydrogen-bond acceptors (Lipinski definition) is 4. The summed E-state index contributed by atoms with van der Waals surface area (Å²) in [4.78, 5) is 0. The number of aliphatic hydroxyl groups excluding tert-OH is 1. The molecule has 1 atom stereocenters. The van der Waals surface area contributed by atoms with E-state index in [2.05, 4.69) is 6.58 Å². The van der Waals surface area contributed by atoms with Crippen LogP contribution in [0.4, 0.5) is 0 Å². The van der Waals surface area contributed by atoms with E-state index in [9.17, 15) is 0 Å². The van der Waals surface area contributed by atoms with E-state index in [4.69, 9.17) is 19.3 Å². The Morgan fingerprint density at radius 3 is 2.25 bits per heavy atom. The third-order valence-corrected chi connectivity index (χ3v) is 1.55. The maximum Gasteiger partial charge on any atom is 0.279 e. The molecule has 0 spiro atoms. The molecular formula is C8H16O4. The molecule has 1 N–H and O–H groups in total. The summed E-state index contributed by atoms with van der Waals surface area (Å²) in [5.74, 6) is -1.12. The zero-order valence-corrected chi connectivity index (χ0v) is 7.74. The van der Waals surface area contributed by atoms with Crippen molar-refractivity contribution in [3.63, 3.8) is 0 Å². The number of aliphatic hydroxyl groups is 1. The molecule has 0 aromatic carbocycles. The van der Waals surface area contributed by atoms with Gasteiger partial charge in [-0.1, -0.05) is 6.08 Å². The minimum absolute atomic E-state index is 0.147. The molecule has 0 aromatic rings. The quantitative estimate of drug-likeness (QED) is 0.473. The highest BCUT2D eigenvalue weighted by Crippen LogP contribution is 2.14. The van der Waals surface area contributed by atoms with Crippen molar-refractivity contribution in [3.8, 4) is 0 Å². The van der Waals surface area contributed by atoms with Crippen LogP contribution in [0.1, 0.15) is 6.92 Å². The average molecular weight is 176 g/mol. The van der Waals surface area contributed by atoms with Gasteiger partial charge in [0.1, 0.15) is 6.10 Å². The first kappa shape index (κ1) is 11.6. The lowest BCUT2D eigenvalue weighted by molar-refractivity contribution is -0.362. The highest BCUT2D eigenvalue weighted by atomic mass is 16.9. The van der Waals surface area contributed by atoms with Crippen LogP contribution in [-0.2, 0) is 14.2 Å². The molecule has 0 bridgehead atoms. The number of methoxy groups -OCH3 is 2. The Labute approximate surface area is 72.7 Å². The first-order chi connectivity index (χ1) is 5.61. The molecule has 0 aliphatic rings. The third-order valence-electron chi connectivity index (χ3n) is 1.55. The van der Waals surface area contributed by atoms with Crippen LogP contribution in [0.2, 0.25) is 0 Å². The van der Waals surface area contributed by atoms with E-state index in [0.717, 1.165) is 0 Å². The van der Waals surface area contributed by atoms with E-state index in [1.54, 1.807) is 6.92 Å². The van der Waals surface area contributed by atoms with Crippen molar-refractivity contribution < 1.29 is 19.3 Å². The van der Waals surface area contributed by atoms with Gasteiger partial charge in [0.15, 0.2) is 0 Å². The number of hydrogen-bond donors (Lipinski definition) is 1. The molecular weight excluding hydrogens is 160 g/mol. The van der Waals surface area contributed by atoms with E-state index in [1.165, 1.54) is 20.3 Å². The fourth-order valence-corrected chi connectivity index (χ4v) is 0.614. The van der Waals surface area contributed by atoms with Gasteiger partial charge in [-0.2, -0.15) is 0 Å². The first-order valence-electron chi connectivity index (χ1n) is 3.63. The van der Waals surface area contributed by atoms with Crippen LogP contribution >= 0.6 is 0 Å². The van der Waals surface area contributed by atoms with E-state index >= 15 is 0 Å². The summed E-state index contributed by atoms with van der Waals surface area (Å²) in [6, 6.07) is 0. The summed E-state index contributed by atoms with van der Waals surface area (Å²) < 4.78 is 15.1. The van der Waals surface area contributed by atoms with Crippen LogP contribution in [0.3, 0.4) is 0 Å². The molecule has 4 nitrogen and oxygen atoms in total. The van der Waals surface area contributed by atoms with Crippen LogP contribution < -0.4 is 0 Å². The Morgan fingerprint density at radius 2 is 2.00 bits per heavy atom. The minimum Gasteiger partial charge on any atom is -0.393 e. The van der Waals surface area contributed by atoms with Gasteiger partial charge in [-0.25, -0.2) is 0 Å². The summed E-state index contributed by atoms with van der Waals surface area (Å²) in [5, 5.41) is 8.77. The lowest BCUT2D eigenvalue weighted by Gasteiger charge is -2.28. The van der Waals surface area contributed by atoms with Crippen LogP contribution in [-0.4, -0.2) is 38.0 Å². The van der Waals surface area contributed by atoms with E-state index in [-0.39, 0.29) is 6.61 Å². The molecule has 0 aliphatic carbocycles. The van der Waals surface area contributed by atoms with Gasteiger partial charge >= 0.3 is 0 Å². The molecule has 0 rings (SSSR count). The summed E-state index contributed by atoms with van der Waals surface area (Å²) in [7, 11) is 2.92. The third kappa shape index (κ3) is 3.32. The molecule has 0 aliphatic heterocycles. The van der Waals surface area contributed by atoms with E-state index < -0.39 is 12.1 Å². The van der Waals surface area contributed by atoms with Crippen molar-refractivity contribution in [1.82, 2.24) is 0 Å². The molecule has 4 heteroatoms.